The Morgan fingerprint density at radius 1 is 1.18 bits per heavy atom. The van der Waals surface area contributed by atoms with E-state index in [1.165, 1.54) is 12.1 Å². The van der Waals surface area contributed by atoms with Gasteiger partial charge in [0.05, 0.1) is 17.6 Å². The van der Waals surface area contributed by atoms with Gasteiger partial charge in [-0.2, -0.15) is 0 Å². The molecule has 0 aliphatic heterocycles. The van der Waals surface area contributed by atoms with Gasteiger partial charge in [0, 0.05) is 24.2 Å². The van der Waals surface area contributed by atoms with Crippen LogP contribution in [0.3, 0.4) is 0 Å². The number of nitrogens with zero attached hydrogens (tertiary/aromatic N) is 1. The maximum absolute atomic E-state index is 12.5. The quantitative estimate of drug-likeness (QED) is 0.491. The lowest BCUT2D eigenvalue weighted by atomic mass is 10.1. The lowest BCUT2D eigenvalue weighted by Crippen LogP contribution is -2.25. The van der Waals surface area contributed by atoms with E-state index in [1.807, 2.05) is 24.3 Å². The molecule has 1 amide bonds. The van der Waals surface area contributed by atoms with Crippen molar-refractivity contribution in [1.29, 1.82) is 0 Å². The summed E-state index contributed by atoms with van der Waals surface area (Å²) in [5.74, 6) is 1.42. The molecule has 2 aromatic carbocycles. The molecule has 0 unspecified atom stereocenters. The number of nitro benzene ring substituents is 1. The SMILES string of the molecule is COc1ccc(CCNC(=O)c2cc(-c3cccc([N+](=O)[O-])c3)oc2C)cc1. The van der Waals surface area contributed by atoms with E-state index in [-0.39, 0.29) is 11.6 Å². The number of amides is 1. The van der Waals surface area contributed by atoms with E-state index >= 15 is 0 Å². The molecule has 1 heterocycles. The monoisotopic (exact) mass is 380 g/mol. The van der Waals surface area contributed by atoms with Crippen LogP contribution in [0.5, 0.6) is 5.75 Å². The van der Waals surface area contributed by atoms with Crippen LogP contribution in [0.4, 0.5) is 5.69 Å². The number of nitro groups is 1. The predicted octanol–water partition coefficient (Wildman–Crippen LogP) is 4.14. The molecule has 0 atom stereocenters. The number of furan rings is 1. The molecule has 0 aliphatic rings. The average molecular weight is 380 g/mol. The van der Waals surface area contributed by atoms with Gasteiger partial charge in [-0.3, -0.25) is 14.9 Å². The first-order valence-corrected chi connectivity index (χ1v) is 8.74. The Balaban J connectivity index is 1.65. The van der Waals surface area contributed by atoms with Crippen LogP contribution in [-0.2, 0) is 6.42 Å². The number of ether oxygens (including phenoxy) is 1. The number of methoxy groups -OCH3 is 1. The van der Waals surface area contributed by atoms with Gasteiger partial charge in [0.2, 0.25) is 0 Å². The van der Waals surface area contributed by atoms with Crippen LogP contribution >= 0.6 is 0 Å². The Bertz CT molecular complexity index is 992. The maximum Gasteiger partial charge on any atom is 0.270 e. The van der Waals surface area contributed by atoms with Gasteiger partial charge in [-0.1, -0.05) is 24.3 Å². The van der Waals surface area contributed by atoms with Crippen molar-refractivity contribution in [1.82, 2.24) is 5.32 Å². The summed E-state index contributed by atoms with van der Waals surface area (Å²) in [6.07, 6.45) is 0.685. The van der Waals surface area contributed by atoms with Gasteiger partial charge in [-0.25, -0.2) is 0 Å². The highest BCUT2D eigenvalue weighted by Crippen LogP contribution is 2.28. The van der Waals surface area contributed by atoms with Crippen LogP contribution in [-0.4, -0.2) is 24.5 Å². The molecule has 0 spiro atoms. The fourth-order valence-corrected chi connectivity index (χ4v) is 2.83. The van der Waals surface area contributed by atoms with Gasteiger partial charge in [0.1, 0.15) is 17.3 Å². The summed E-state index contributed by atoms with van der Waals surface area (Å²) in [5.41, 5.74) is 2.02. The zero-order valence-corrected chi connectivity index (χ0v) is 15.6. The number of non-ortho nitro benzene ring substituents is 1. The normalized spacial score (nSPS) is 10.5. The van der Waals surface area contributed by atoms with Crippen molar-refractivity contribution in [2.45, 2.75) is 13.3 Å². The van der Waals surface area contributed by atoms with E-state index in [0.29, 0.717) is 35.6 Å². The molecule has 1 aromatic heterocycles. The number of rotatable bonds is 7. The van der Waals surface area contributed by atoms with Crippen molar-refractivity contribution in [3.63, 3.8) is 0 Å². The smallest absolute Gasteiger partial charge is 0.270 e. The third-order valence-electron chi connectivity index (χ3n) is 4.36. The van der Waals surface area contributed by atoms with E-state index in [4.69, 9.17) is 9.15 Å². The Hall–Kier alpha value is -3.61. The second-order valence-corrected chi connectivity index (χ2v) is 6.24. The molecule has 0 saturated heterocycles. The molecule has 144 valence electrons. The van der Waals surface area contributed by atoms with Crippen LogP contribution < -0.4 is 10.1 Å². The molecule has 28 heavy (non-hydrogen) atoms. The maximum atomic E-state index is 12.5. The molecule has 0 aliphatic carbocycles. The molecule has 3 aromatic rings. The molecule has 1 N–H and O–H groups in total. The number of carbonyl (C=O) groups is 1. The third kappa shape index (κ3) is 4.37. The van der Waals surface area contributed by atoms with E-state index in [0.717, 1.165) is 11.3 Å². The van der Waals surface area contributed by atoms with Crippen molar-refractivity contribution >= 4 is 11.6 Å². The zero-order valence-electron chi connectivity index (χ0n) is 15.6. The second kappa shape index (κ2) is 8.39. The summed E-state index contributed by atoms with van der Waals surface area (Å²) in [6.45, 7) is 2.17. The van der Waals surface area contributed by atoms with Gasteiger partial charge in [0.25, 0.3) is 11.6 Å². The summed E-state index contributed by atoms with van der Waals surface area (Å²) >= 11 is 0. The summed E-state index contributed by atoms with van der Waals surface area (Å²) in [5, 5.41) is 13.8. The fraction of sp³-hybridized carbons (Fsp3) is 0.190. The van der Waals surface area contributed by atoms with Crippen molar-refractivity contribution in [2.75, 3.05) is 13.7 Å². The number of nitrogens with one attached hydrogen (secondary N) is 1. The van der Waals surface area contributed by atoms with Crippen molar-refractivity contribution in [3.05, 3.63) is 81.6 Å². The minimum absolute atomic E-state index is 0.0305. The lowest BCUT2D eigenvalue weighted by molar-refractivity contribution is -0.384. The molecule has 7 nitrogen and oxygen atoms in total. The van der Waals surface area contributed by atoms with Crippen LogP contribution in [0, 0.1) is 17.0 Å². The molecule has 0 radical (unpaired) electrons. The van der Waals surface area contributed by atoms with Gasteiger partial charge < -0.3 is 14.5 Å². The van der Waals surface area contributed by atoms with Gasteiger partial charge in [-0.05, 0) is 37.1 Å². The predicted molar refractivity (Wildman–Crippen MR) is 105 cm³/mol. The summed E-state index contributed by atoms with van der Waals surface area (Å²) in [4.78, 5) is 23.0. The van der Waals surface area contributed by atoms with Crippen molar-refractivity contribution < 1.29 is 18.9 Å². The Kier molecular flexibility index (Phi) is 5.74. The largest absolute Gasteiger partial charge is 0.497 e. The Morgan fingerprint density at radius 3 is 2.61 bits per heavy atom. The topological polar surface area (TPSA) is 94.6 Å². The number of benzene rings is 2. The van der Waals surface area contributed by atoms with Crippen LogP contribution in [0.2, 0.25) is 0 Å². The van der Waals surface area contributed by atoms with E-state index < -0.39 is 4.92 Å². The van der Waals surface area contributed by atoms with Gasteiger partial charge in [-0.15, -0.1) is 0 Å². The molecule has 0 fully saturated rings. The first-order chi connectivity index (χ1) is 13.5. The van der Waals surface area contributed by atoms with Crippen LogP contribution in [0.15, 0.2) is 59.0 Å². The van der Waals surface area contributed by atoms with Gasteiger partial charge >= 0.3 is 0 Å². The fourth-order valence-electron chi connectivity index (χ4n) is 2.83. The molecular formula is C21H20N2O5. The van der Waals surface area contributed by atoms with Crippen molar-refractivity contribution in [2.24, 2.45) is 0 Å². The first-order valence-electron chi connectivity index (χ1n) is 8.74. The Morgan fingerprint density at radius 2 is 1.93 bits per heavy atom. The number of carbonyl (C=O) groups excluding carboxylic acids is 1. The third-order valence-corrected chi connectivity index (χ3v) is 4.36. The molecular weight excluding hydrogens is 360 g/mol. The first kappa shape index (κ1) is 19.2. The zero-order chi connectivity index (χ0) is 20.1. The molecule has 7 heteroatoms. The van der Waals surface area contributed by atoms with Crippen LogP contribution in [0.1, 0.15) is 21.7 Å². The van der Waals surface area contributed by atoms with Crippen LogP contribution in [0.25, 0.3) is 11.3 Å². The minimum atomic E-state index is -0.466. The highest BCUT2D eigenvalue weighted by atomic mass is 16.6. The molecule has 3 rings (SSSR count). The standard InChI is InChI=1S/C21H20N2O5/c1-14-19(13-20(28-14)16-4-3-5-17(12-16)23(25)26)21(24)22-11-10-15-6-8-18(27-2)9-7-15/h3-9,12-13H,10-11H2,1-2H3,(H,22,24). The van der Waals surface area contributed by atoms with Crippen molar-refractivity contribution in [3.8, 4) is 17.1 Å². The minimum Gasteiger partial charge on any atom is -0.497 e. The highest BCUT2D eigenvalue weighted by molar-refractivity contribution is 5.96. The summed E-state index contributed by atoms with van der Waals surface area (Å²) < 4.78 is 10.8. The summed E-state index contributed by atoms with van der Waals surface area (Å²) in [7, 11) is 1.62. The Labute approximate surface area is 162 Å². The lowest BCUT2D eigenvalue weighted by Gasteiger charge is -2.05. The van der Waals surface area contributed by atoms with E-state index in [2.05, 4.69) is 5.32 Å². The number of hydrogen-bond donors (Lipinski definition) is 1. The number of aryl methyl sites for hydroxylation is 1. The van der Waals surface area contributed by atoms with E-state index in [1.54, 1.807) is 32.2 Å². The summed E-state index contributed by atoms with van der Waals surface area (Å²) in [6, 6.07) is 15.4. The number of hydrogen-bond acceptors (Lipinski definition) is 5. The van der Waals surface area contributed by atoms with E-state index in [9.17, 15) is 14.9 Å². The van der Waals surface area contributed by atoms with Gasteiger partial charge in [0.15, 0.2) is 0 Å². The molecule has 0 saturated carbocycles. The highest BCUT2D eigenvalue weighted by Gasteiger charge is 2.17. The second-order valence-electron chi connectivity index (χ2n) is 6.24. The average Bonchev–Trinajstić information content (AvgIpc) is 3.10. The molecule has 0 bridgehead atoms.